The number of Topliss-reactive ketones (excluding diaryl/α,β-unsaturated/α-hetero) is 1. The van der Waals surface area contributed by atoms with Crippen LogP contribution in [0.25, 0.3) is 0 Å². The van der Waals surface area contributed by atoms with Gasteiger partial charge in [-0.1, -0.05) is 34.1 Å². The van der Waals surface area contributed by atoms with E-state index in [1.807, 2.05) is 25.4 Å². The molecule has 4 heteroatoms. The summed E-state index contributed by atoms with van der Waals surface area (Å²) in [6, 6.07) is 5.62. The highest BCUT2D eigenvalue weighted by Crippen LogP contribution is 2.61. The number of phenolic OH excluding ortho intramolecular Hbond substituents is 1. The summed E-state index contributed by atoms with van der Waals surface area (Å²) in [5.74, 6) is 1.04. The smallest absolute Gasteiger partial charge is 0.166 e. The number of phenols is 1. The number of nitrogens with one attached hydrogen (secondary N) is 1. The Morgan fingerprint density at radius 2 is 2.00 bits per heavy atom. The average Bonchev–Trinajstić information content (AvgIpc) is 3.19. The maximum absolute atomic E-state index is 14.0. The van der Waals surface area contributed by atoms with Crippen molar-refractivity contribution in [2.45, 2.75) is 72.8 Å². The first-order valence-corrected chi connectivity index (χ1v) is 11.9. The lowest BCUT2D eigenvalue weighted by molar-refractivity contribution is -0.0911. The first-order valence-electron chi connectivity index (χ1n) is 11.9. The third-order valence-electron chi connectivity index (χ3n) is 8.57. The Morgan fingerprint density at radius 1 is 1.23 bits per heavy atom. The van der Waals surface area contributed by atoms with E-state index < -0.39 is 0 Å². The van der Waals surface area contributed by atoms with E-state index in [4.69, 9.17) is 0 Å². The molecule has 168 valence electrons. The molecule has 2 aliphatic carbocycles. The minimum absolute atomic E-state index is 0.0223. The van der Waals surface area contributed by atoms with Crippen LogP contribution in [0, 0.1) is 35.5 Å². The lowest BCUT2D eigenvalue weighted by atomic mass is 9.45. The van der Waals surface area contributed by atoms with Crippen molar-refractivity contribution in [3.63, 3.8) is 0 Å². The van der Waals surface area contributed by atoms with E-state index in [0.29, 0.717) is 17.5 Å². The van der Waals surface area contributed by atoms with E-state index >= 15 is 0 Å². The van der Waals surface area contributed by atoms with Crippen LogP contribution in [0.5, 0.6) is 5.75 Å². The van der Waals surface area contributed by atoms with Crippen LogP contribution in [0.3, 0.4) is 0 Å². The van der Waals surface area contributed by atoms with E-state index in [1.165, 1.54) is 18.4 Å². The molecule has 1 aliphatic heterocycles. The summed E-state index contributed by atoms with van der Waals surface area (Å²) in [6.07, 6.45) is 9.46. The van der Waals surface area contributed by atoms with Gasteiger partial charge in [-0.05, 0) is 78.2 Å². The van der Waals surface area contributed by atoms with Crippen molar-refractivity contribution in [3.05, 3.63) is 41.1 Å². The fraction of sp³-hybridized carbons (Fsp3) is 0.630. The maximum Gasteiger partial charge on any atom is 0.166 e. The molecule has 3 aliphatic rings. The van der Waals surface area contributed by atoms with E-state index in [-0.39, 0.29) is 34.2 Å². The van der Waals surface area contributed by atoms with Gasteiger partial charge in [-0.15, -0.1) is 0 Å². The summed E-state index contributed by atoms with van der Waals surface area (Å²) in [7, 11) is 0. The minimum atomic E-state index is -0.0571. The van der Waals surface area contributed by atoms with Crippen LogP contribution in [0.15, 0.2) is 35.0 Å². The predicted octanol–water partition coefficient (Wildman–Crippen LogP) is 5.69. The Bertz CT molecular complexity index is 896. The molecule has 0 saturated heterocycles. The first kappa shape index (κ1) is 22.3. The SMILES string of the molecule is Cc1cc(O)cc(C(=O)[C@H]2[C@H](C)[C@H](NCC3=CN=CC3)C[C@H]3C(C)(C)CCC[C@]23C)c1. The molecular weight excluding hydrogens is 384 g/mol. The van der Waals surface area contributed by atoms with Gasteiger partial charge in [-0.2, -0.15) is 0 Å². The molecule has 0 spiro atoms. The number of hydrogen-bond acceptors (Lipinski definition) is 4. The van der Waals surface area contributed by atoms with Crippen LogP contribution >= 0.6 is 0 Å². The molecule has 4 rings (SSSR count). The van der Waals surface area contributed by atoms with Crippen molar-refractivity contribution in [1.29, 1.82) is 0 Å². The third-order valence-corrected chi connectivity index (χ3v) is 8.57. The largest absolute Gasteiger partial charge is 0.508 e. The second-order valence-corrected chi connectivity index (χ2v) is 11.2. The second kappa shape index (κ2) is 8.20. The predicted molar refractivity (Wildman–Crippen MR) is 127 cm³/mol. The number of aromatic hydroxyl groups is 1. The van der Waals surface area contributed by atoms with Crippen LogP contribution in [-0.4, -0.2) is 29.7 Å². The number of aryl methyl sites for hydroxylation is 1. The van der Waals surface area contributed by atoms with Gasteiger partial charge in [-0.3, -0.25) is 9.79 Å². The lowest BCUT2D eigenvalue weighted by Crippen LogP contribution is -2.60. The zero-order chi connectivity index (χ0) is 22.4. The number of hydrogen-bond donors (Lipinski definition) is 2. The second-order valence-electron chi connectivity index (χ2n) is 11.2. The van der Waals surface area contributed by atoms with Crippen LogP contribution < -0.4 is 5.32 Å². The molecular formula is C27H38N2O2. The molecule has 2 N–H and O–H groups in total. The Balaban J connectivity index is 1.69. The van der Waals surface area contributed by atoms with Crippen LogP contribution in [0.4, 0.5) is 0 Å². The zero-order valence-electron chi connectivity index (χ0n) is 19.7. The highest BCUT2D eigenvalue weighted by atomic mass is 16.3. The number of carbonyl (C=O) groups is 1. The van der Waals surface area contributed by atoms with E-state index in [2.05, 4.69) is 38.0 Å². The standard InChI is InChI=1S/C27H38N2O2/c1-17-11-20(13-21(30)12-17)25(31)24-18(2)22(29-16-19-7-10-28-15-19)14-23-26(3,4)8-6-9-27(23,24)5/h10-13,15,18,22-24,29-30H,6-9,14,16H2,1-5H3/t18-,22-,23+,24-,27+/m1/s1. The van der Waals surface area contributed by atoms with E-state index in [0.717, 1.165) is 31.4 Å². The minimum Gasteiger partial charge on any atom is -0.508 e. The lowest BCUT2D eigenvalue weighted by Gasteiger charge is -2.60. The molecule has 31 heavy (non-hydrogen) atoms. The first-order chi connectivity index (χ1) is 14.6. The molecule has 0 unspecified atom stereocenters. The molecule has 1 heterocycles. The number of carbonyl (C=O) groups excluding carboxylic acids is 1. The summed E-state index contributed by atoms with van der Waals surface area (Å²) >= 11 is 0. The Morgan fingerprint density at radius 3 is 2.68 bits per heavy atom. The summed E-state index contributed by atoms with van der Waals surface area (Å²) in [6.45, 7) is 12.2. The number of benzene rings is 1. The summed E-state index contributed by atoms with van der Waals surface area (Å²) in [5.41, 5.74) is 3.10. The van der Waals surface area contributed by atoms with Gasteiger partial charge in [0.2, 0.25) is 0 Å². The monoisotopic (exact) mass is 422 g/mol. The number of rotatable bonds is 5. The Labute approximate surface area is 187 Å². The molecule has 4 nitrogen and oxygen atoms in total. The molecule has 2 saturated carbocycles. The van der Waals surface area contributed by atoms with E-state index in [9.17, 15) is 9.90 Å². The van der Waals surface area contributed by atoms with Crippen LogP contribution in [0.2, 0.25) is 0 Å². The quantitative estimate of drug-likeness (QED) is 0.599. The van der Waals surface area contributed by atoms with Crippen molar-refractivity contribution in [3.8, 4) is 5.75 Å². The molecule has 0 amide bonds. The fourth-order valence-electron chi connectivity index (χ4n) is 7.08. The molecule has 1 aromatic carbocycles. The normalized spacial score (nSPS) is 34.3. The molecule has 0 aromatic heterocycles. The van der Waals surface area contributed by atoms with Gasteiger partial charge >= 0.3 is 0 Å². The molecule has 0 radical (unpaired) electrons. The molecule has 5 atom stereocenters. The van der Waals surface area contributed by atoms with E-state index in [1.54, 1.807) is 12.1 Å². The van der Waals surface area contributed by atoms with Gasteiger partial charge in [0.1, 0.15) is 5.75 Å². The van der Waals surface area contributed by atoms with Gasteiger partial charge in [0.25, 0.3) is 0 Å². The highest BCUT2D eigenvalue weighted by molar-refractivity contribution is 5.99. The third kappa shape index (κ3) is 4.11. The average molecular weight is 423 g/mol. The van der Waals surface area contributed by atoms with Crippen LogP contribution in [-0.2, 0) is 0 Å². The van der Waals surface area contributed by atoms with Crippen molar-refractivity contribution in [1.82, 2.24) is 5.32 Å². The topological polar surface area (TPSA) is 61.7 Å². The number of aliphatic imine (C=N–C) groups is 1. The molecule has 1 aromatic rings. The molecule has 2 fully saturated rings. The summed E-state index contributed by atoms with van der Waals surface area (Å²) in [4.78, 5) is 18.3. The van der Waals surface area contributed by atoms with Crippen molar-refractivity contribution >= 4 is 12.0 Å². The Hall–Kier alpha value is -1.94. The number of fused-ring (bicyclic) bond motifs is 1. The maximum atomic E-state index is 14.0. The Kier molecular flexibility index (Phi) is 5.89. The summed E-state index contributed by atoms with van der Waals surface area (Å²) < 4.78 is 0. The number of ketones is 1. The fourth-order valence-corrected chi connectivity index (χ4v) is 7.08. The van der Waals surface area contributed by atoms with Gasteiger partial charge < -0.3 is 10.4 Å². The zero-order valence-corrected chi connectivity index (χ0v) is 19.7. The van der Waals surface area contributed by atoms with Gasteiger partial charge in [-0.25, -0.2) is 0 Å². The van der Waals surface area contributed by atoms with Crippen molar-refractivity contribution in [2.75, 3.05) is 6.54 Å². The van der Waals surface area contributed by atoms with Crippen molar-refractivity contribution in [2.24, 2.45) is 33.6 Å². The molecule has 0 bridgehead atoms. The van der Waals surface area contributed by atoms with Gasteiger partial charge in [0.05, 0.1) is 0 Å². The number of nitrogens with zero attached hydrogens (tertiary/aromatic N) is 1. The van der Waals surface area contributed by atoms with Gasteiger partial charge in [0.15, 0.2) is 5.78 Å². The highest BCUT2D eigenvalue weighted by Gasteiger charge is 2.58. The summed E-state index contributed by atoms with van der Waals surface area (Å²) in [5, 5.41) is 14.0. The van der Waals surface area contributed by atoms with Crippen molar-refractivity contribution < 1.29 is 9.90 Å². The van der Waals surface area contributed by atoms with Crippen LogP contribution in [0.1, 0.15) is 75.7 Å². The van der Waals surface area contributed by atoms with Gasteiger partial charge in [0, 0.05) is 42.9 Å².